The van der Waals surface area contributed by atoms with Gasteiger partial charge in [0.25, 0.3) is 5.91 Å². The fourth-order valence-corrected chi connectivity index (χ4v) is 2.09. The molecule has 1 heterocycles. The van der Waals surface area contributed by atoms with Crippen molar-refractivity contribution < 1.29 is 9.53 Å². The number of fused-ring (bicyclic) bond motifs is 1. The number of nitrogens with one attached hydrogen (secondary N) is 2. The minimum Gasteiger partial charge on any atom is -0.482 e. The van der Waals surface area contributed by atoms with Gasteiger partial charge in [-0.25, -0.2) is 0 Å². The van der Waals surface area contributed by atoms with E-state index in [4.69, 9.17) is 4.74 Å². The number of rotatable bonds is 3. The standard InChI is InChI=1S/C16H24N2O2/c1-10(17-11(2)16(3,4)5)12-6-7-14-13(8-12)18-15(19)9-20-14/h6-8,10-11,17H,9H2,1-5H3,(H,18,19). The molecule has 110 valence electrons. The Morgan fingerprint density at radius 1 is 1.30 bits per heavy atom. The summed E-state index contributed by atoms with van der Waals surface area (Å²) in [6.07, 6.45) is 0. The van der Waals surface area contributed by atoms with E-state index in [2.05, 4.69) is 45.3 Å². The smallest absolute Gasteiger partial charge is 0.262 e. The van der Waals surface area contributed by atoms with Crippen molar-refractivity contribution in [2.75, 3.05) is 11.9 Å². The number of ether oxygens (including phenoxy) is 1. The molecule has 1 amide bonds. The van der Waals surface area contributed by atoms with Gasteiger partial charge in [-0.15, -0.1) is 0 Å². The second-order valence-corrected chi connectivity index (χ2v) is 6.57. The number of hydrogen-bond acceptors (Lipinski definition) is 3. The largest absolute Gasteiger partial charge is 0.482 e. The van der Waals surface area contributed by atoms with Crippen LogP contribution in [0.25, 0.3) is 0 Å². The van der Waals surface area contributed by atoms with Crippen LogP contribution in [-0.2, 0) is 4.79 Å². The van der Waals surface area contributed by atoms with Gasteiger partial charge in [-0.05, 0) is 37.0 Å². The van der Waals surface area contributed by atoms with E-state index in [1.165, 1.54) is 0 Å². The summed E-state index contributed by atoms with van der Waals surface area (Å²) in [5.41, 5.74) is 2.11. The molecule has 1 aromatic carbocycles. The number of amides is 1. The van der Waals surface area contributed by atoms with Crippen molar-refractivity contribution >= 4 is 11.6 Å². The summed E-state index contributed by atoms with van der Waals surface area (Å²) >= 11 is 0. The van der Waals surface area contributed by atoms with Gasteiger partial charge in [0.15, 0.2) is 6.61 Å². The van der Waals surface area contributed by atoms with Crippen LogP contribution in [0.2, 0.25) is 0 Å². The molecule has 2 rings (SSSR count). The zero-order chi connectivity index (χ0) is 14.9. The van der Waals surface area contributed by atoms with Crippen LogP contribution in [0.4, 0.5) is 5.69 Å². The minimum absolute atomic E-state index is 0.0984. The van der Waals surface area contributed by atoms with Crippen molar-refractivity contribution in [3.63, 3.8) is 0 Å². The van der Waals surface area contributed by atoms with Gasteiger partial charge in [0.1, 0.15) is 5.75 Å². The van der Waals surface area contributed by atoms with Crippen molar-refractivity contribution in [3.05, 3.63) is 23.8 Å². The van der Waals surface area contributed by atoms with Gasteiger partial charge in [-0.2, -0.15) is 0 Å². The molecule has 2 unspecified atom stereocenters. The molecule has 0 radical (unpaired) electrons. The molecule has 2 atom stereocenters. The van der Waals surface area contributed by atoms with Gasteiger partial charge < -0.3 is 15.4 Å². The van der Waals surface area contributed by atoms with E-state index in [0.29, 0.717) is 6.04 Å². The Hall–Kier alpha value is -1.55. The molecule has 0 fully saturated rings. The lowest BCUT2D eigenvalue weighted by Crippen LogP contribution is -2.39. The quantitative estimate of drug-likeness (QED) is 0.892. The summed E-state index contributed by atoms with van der Waals surface area (Å²) in [6.45, 7) is 11.1. The molecule has 1 aliphatic rings. The highest BCUT2D eigenvalue weighted by Gasteiger charge is 2.23. The third-order valence-electron chi connectivity index (χ3n) is 3.94. The zero-order valence-corrected chi connectivity index (χ0v) is 12.9. The Bertz CT molecular complexity index is 506. The summed E-state index contributed by atoms with van der Waals surface area (Å²) < 4.78 is 5.37. The molecule has 20 heavy (non-hydrogen) atoms. The molecular formula is C16H24N2O2. The van der Waals surface area contributed by atoms with Crippen molar-refractivity contribution in [2.24, 2.45) is 5.41 Å². The number of anilines is 1. The molecule has 0 spiro atoms. The molecule has 4 heteroatoms. The first-order valence-electron chi connectivity index (χ1n) is 7.10. The van der Waals surface area contributed by atoms with Crippen LogP contribution in [0.15, 0.2) is 18.2 Å². The molecule has 0 aromatic heterocycles. The Balaban J connectivity index is 2.13. The molecule has 2 N–H and O–H groups in total. The molecular weight excluding hydrogens is 252 g/mol. The number of carbonyl (C=O) groups is 1. The predicted octanol–water partition coefficient (Wildman–Crippen LogP) is 3.10. The van der Waals surface area contributed by atoms with Crippen molar-refractivity contribution in [1.82, 2.24) is 5.32 Å². The van der Waals surface area contributed by atoms with Crippen LogP contribution in [0.5, 0.6) is 5.75 Å². The Morgan fingerprint density at radius 2 is 2.00 bits per heavy atom. The van der Waals surface area contributed by atoms with E-state index in [1.54, 1.807) is 0 Å². The van der Waals surface area contributed by atoms with Crippen LogP contribution >= 0.6 is 0 Å². The van der Waals surface area contributed by atoms with E-state index >= 15 is 0 Å². The molecule has 0 aliphatic carbocycles. The van der Waals surface area contributed by atoms with E-state index in [0.717, 1.165) is 17.0 Å². The van der Waals surface area contributed by atoms with E-state index in [-0.39, 0.29) is 24.0 Å². The second kappa shape index (κ2) is 5.44. The maximum atomic E-state index is 11.4. The Labute approximate surface area is 120 Å². The van der Waals surface area contributed by atoms with Crippen LogP contribution in [0.3, 0.4) is 0 Å². The molecule has 1 aromatic rings. The third kappa shape index (κ3) is 3.31. The van der Waals surface area contributed by atoms with Gasteiger partial charge in [0.2, 0.25) is 0 Å². The summed E-state index contributed by atoms with van der Waals surface area (Å²) in [7, 11) is 0. The monoisotopic (exact) mass is 276 g/mol. The lowest BCUT2D eigenvalue weighted by Gasteiger charge is -2.31. The lowest BCUT2D eigenvalue weighted by atomic mass is 9.87. The highest BCUT2D eigenvalue weighted by molar-refractivity contribution is 5.95. The third-order valence-corrected chi connectivity index (χ3v) is 3.94. The number of hydrogen-bond donors (Lipinski definition) is 2. The fraction of sp³-hybridized carbons (Fsp3) is 0.562. The number of carbonyl (C=O) groups excluding carboxylic acids is 1. The highest BCUT2D eigenvalue weighted by atomic mass is 16.5. The van der Waals surface area contributed by atoms with Crippen molar-refractivity contribution in [3.8, 4) is 5.75 Å². The Morgan fingerprint density at radius 3 is 2.65 bits per heavy atom. The second-order valence-electron chi connectivity index (χ2n) is 6.57. The Kier molecular flexibility index (Phi) is 4.04. The SMILES string of the molecule is CC(NC(C)C(C)(C)C)c1ccc2c(c1)NC(=O)CO2. The first-order valence-corrected chi connectivity index (χ1v) is 7.10. The van der Waals surface area contributed by atoms with E-state index in [9.17, 15) is 4.79 Å². The average Bonchev–Trinajstić information content (AvgIpc) is 2.36. The lowest BCUT2D eigenvalue weighted by molar-refractivity contribution is -0.118. The van der Waals surface area contributed by atoms with Crippen LogP contribution in [0.1, 0.15) is 46.2 Å². The van der Waals surface area contributed by atoms with Gasteiger partial charge in [0.05, 0.1) is 5.69 Å². The summed E-state index contributed by atoms with van der Waals surface area (Å²) in [5.74, 6) is 0.641. The molecule has 4 nitrogen and oxygen atoms in total. The topological polar surface area (TPSA) is 50.4 Å². The van der Waals surface area contributed by atoms with Gasteiger partial charge in [-0.1, -0.05) is 26.8 Å². The summed E-state index contributed by atoms with van der Waals surface area (Å²) in [6, 6.07) is 6.56. The van der Waals surface area contributed by atoms with Crippen LogP contribution < -0.4 is 15.4 Å². The fourth-order valence-electron chi connectivity index (χ4n) is 2.09. The minimum atomic E-state index is -0.0988. The highest BCUT2D eigenvalue weighted by Crippen LogP contribution is 2.31. The average molecular weight is 276 g/mol. The first-order chi connectivity index (χ1) is 9.27. The van der Waals surface area contributed by atoms with Gasteiger partial charge >= 0.3 is 0 Å². The van der Waals surface area contributed by atoms with E-state index < -0.39 is 0 Å². The summed E-state index contributed by atoms with van der Waals surface area (Å²) in [4.78, 5) is 11.4. The van der Waals surface area contributed by atoms with Gasteiger partial charge in [0, 0.05) is 12.1 Å². The summed E-state index contributed by atoms with van der Waals surface area (Å²) in [5, 5.41) is 6.45. The van der Waals surface area contributed by atoms with Crippen LogP contribution in [0, 0.1) is 5.41 Å². The molecule has 0 bridgehead atoms. The molecule has 1 aliphatic heterocycles. The normalized spacial score (nSPS) is 17.8. The molecule has 0 saturated heterocycles. The molecule has 0 saturated carbocycles. The predicted molar refractivity (Wildman–Crippen MR) is 81.0 cm³/mol. The van der Waals surface area contributed by atoms with Crippen molar-refractivity contribution in [2.45, 2.75) is 46.7 Å². The maximum absolute atomic E-state index is 11.4. The van der Waals surface area contributed by atoms with Gasteiger partial charge in [-0.3, -0.25) is 4.79 Å². The zero-order valence-electron chi connectivity index (χ0n) is 12.9. The van der Waals surface area contributed by atoms with E-state index in [1.807, 2.05) is 18.2 Å². The maximum Gasteiger partial charge on any atom is 0.262 e. The van der Waals surface area contributed by atoms with Crippen molar-refractivity contribution in [1.29, 1.82) is 0 Å². The van der Waals surface area contributed by atoms with Crippen LogP contribution in [-0.4, -0.2) is 18.6 Å². The first kappa shape index (κ1) is 14.9. The number of benzene rings is 1.